The predicted octanol–water partition coefficient (Wildman–Crippen LogP) is 5.84. The van der Waals surface area contributed by atoms with Crippen LogP contribution in [0.1, 0.15) is 39.5 Å². The van der Waals surface area contributed by atoms with E-state index in [2.05, 4.69) is 9.97 Å². The van der Waals surface area contributed by atoms with Crippen molar-refractivity contribution in [3.8, 4) is 16.5 Å². The summed E-state index contributed by atoms with van der Waals surface area (Å²) in [5.41, 5.74) is 2.67. The van der Waals surface area contributed by atoms with E-state index in [1.807, 2.05) is 24.1 Å². The molecule has 2 aromatic carbocycles. The normalized spacial score (nSPS) is 13.2. The SMILES string of the molecule is Cc1nc(C(=O)N(CCc2c[nH]c3ccc(F)cc23)CC2CC2)c(-c2ccc(F)c(C#N)c2)s1. The largest absolute Gasteiger partial charge is 0.361 e. The second kappa shape index (κ2) is 8.99. The summed E-state index contributed by atoms with van der Waals surface area (Å²) >= 11 is 1.35. The summed E-state index contributed by atoms with van der Waals surface area (Å²) in [7, 11) is 0. The van der Waals surface area contributed by atoms with Gasteiger partial charge in [-0.25, -0.2) is 13.8 Å². The Labute approximate surface area is 199 Å². The van der Waals surface area contributed by atoms with Gasteiger partial charge < -0.3 is 9.88 Å². The van der Waals surface area contributed by atoms with Crippen LogP contribution in [0.5, 0.6) is 0 Å². The van der Waals surface area contributed by atoms with E-state index >= 15 is 0 Å². The maximum absolute atomic E-state index is 13.9. The van der Waals surface area contributed by atoms with E-state index in [-0.39, 0.29) is 17.3 Å². The number of hydrogen-bond acceptors (Lipinski definition) is 4. The van der Waals surface area contributed by atoms with Crippen molar-refractivity contribution in [3.05, 3.63) is 76.1 Å². The number of thiazole rings is 1. The summed E-state index contributed by atoms with van der Waals surface area (Å²) in [5, 5.41) is 10.8. The minimum Gasteiger partial charge on any atom is -0.361 e. The van der Waals surface area contributed by atoms with Crippen LogP contribution in [-0.2, 0) is 6.42 Å². The molecule has 4 aromatic rings. The molecule has 5 nitrogen and oxygen atoms in total. The van der Waals surface area contributed by atoms with E-state index in [0.29, 0.717) is 41.6 Å². The first-order valence-corrected chi connectivity index (χ1v) is 12.0. The van der Waals surface area contributed by atoms with Gasteiger partial charge in [-0.3, -0.25) is 4.79 Å². The van der Waals surface area contributed by atoms with Crippen molar-refractivity contribution >= 4 is 28.1 Å². The average molecular weight is 477 g/mol. The molecular formula is C26H22F2N4OS. The van der Waals surface area contributed by atoms with E-state index < -0.39 is 5.82 Å². The van der Waals surface area contributed by atoms with E-state index in [0.717, 1.165) is 34.3 Å². The van der Waals surface area contributed by atoms with Crippen molar-refractivity contribution in [1.82, 2.24) is 14.9 Å². The molecule has 2 aromatic heterocycles. The molecule has 172 valence electrons. The lowest BCUT2D eigenvalue weighted by molar-refractivity contribution is 0.0745. The van der Waals surface area contributed by atoms with Crippen LogP contribution in [0.2, 0.25) is 0 Å². The van der Waals surface area contributed by atoms with Crippen LogP contribution in [0.15, 0.2) is 42.6 Å². The molecule has 0 aliphatic heterocycles. The van der Waals surface area contributed by atoms with Crippen molar-refractivity contribution < 1.29 is 13.6 Å². The Balaban J connectivity index is 1.44. The number of hydrogen-bond donors (Lipinski definition) is 1. The first-order valence-electron chi connectivity index (χ1n) is 11.1. The van der Waals surface area contributed by atoms with Crippen molar-refractivity contribution in [2.75, 3.05) is 13.1 Å². The topological polar surface area (TPSA) is 72.8 Å². The summed E-state index contributed by atoms with van der Waals surface area (Å²) in [5.74, 6) is -0.590. The number of halogens is 2. The Kier molecular flexibility index (Phi) is 5.88. The first-order chi connectivity index (χ1) is 16.4. The number of H-pyrrole nitrogens is 1. The van der Waals surface area contributed by atoms with Crippen molar-refractivity contribution in [1.29, 1.82) is 5.26 Å². The Hall–Kier alpha value is -3.57. The van der Waals surface area contributed by atoms with Gasteiger partial charge in [-0.15, -0.1) is 11.3 Å². The molecule has 1 fully saturated rings. The summed E-state index contributed by atoms with van der Waals surface area (Å²) in [4.78, 5) is 23.8. The second-order valence-corrected chi connectivity index (χ2v) is 9.87. The van der Waals surface area contributed by atoms with Gasteiger partial charge in [0, 0.05) is 30.2 Å². The number of aromatic nitrogens is 2. The molecule has 0 radical (unpaired) electrons. The average Bonchev–Trinajstić information content (AvgIpc) is 3.44. The minimum absolute atomic E-state index is 0.0663. The molecule has 8 heteroatoms. The van der Waals surface area contributed by atoms with Gasteiger partial charge in [0.05, 0.1) is 15.4 Å². The van der Waals surface area contributed by atoms with Crippen LogP contribution in [0, 0.1) is 35.8 Å². The zero-order chi connectivity index (χ0) is 23.8. The highest BCUT2D eigenvalue weighted by molar-refractivity contribution is 7.15. The number of carbonyl (C=O) groups is 1. The van der Waals surface area contributed by atoms with Gasteiger partial charge in [-0.05, 0) is 73.6 Å². The number of aromatic amines is 1. The van der Waals surface area contributed by atoms with Crippen molar-refractivity contribution in [2.45, 2.75) is 26.2 Å². The zero-order valence-electron chi connectivity index (χ0n) is 18.6. The molecule has 1 amide bonds. The quantitative estimate of drug-likeness (QED) is 0.364. The van der Waals surface area contributed by atoms with Gasteiger partial charge in [0.2, 0.25) is 0 Å². The lowest BCUT2D eigenvalue weighted by Gasteiger charge is -2.22. The molecule has 0 saturated heterocycles. The second-order valence-electron chi connectivity index (χ2n) is 8.67. The van der Waals surface area contributed by atoms with E-state index in [1.54, 1.807) is 12.1 Å². The molecule has 2 heterocycles. The predicted molar refractivity (Wildman–Crippen MR) is 128 cm³/mol. The van der Waals surface area contributed by atoms with Gasteiger partial charge in [-0.1, -0.05) is 6.07 Å². The van der Waals surface area contributed by atoms with Gasteiger partial charge in [-0.2, -0.15) is 5.26 Å². The van der Waals surface area contributed by atoms with Crippen LogP contribution in [0.4, 0.5) is 8.78 Å². The van der Waals surface area contributed by atoms with Gasteiger partial charge in [0.15, 0.2) is 0 Å². The van der Waals surface area contributed by atoms with Crippen molar-refractivity contribution in [2.24, 2.45) is 5.92 Å². The number of nitriles is 1. The van der Waals surface area contributed by atoms with Crippen LogP contribution >= 0.6 is 11.3 Å². The standard InChI is InChI=1S/C26H22F2N4OS/c1-15-31-24(25(34-15)17-4-6-22(28)19(10-17)12-29)26(33)32(14-16-2-3-16)9-8-18-13-30-23-7-5-20(27)11-21(18)23/h4-7,10-11,13,16,30H,2-3,8-9,14H2,1H3. The lowest BCUT2D eigenvalue weighted by atomic mass is 10.1. The molecule has 1 saturated carbocycles. The van der Waals surface area contributed by atoms with E-state index in [1.165, 1.54) is 35.6 Å². The number of benzene rings is 2. The summed E-state index contributed by atoms with van der Waals surface area (Å²) in [6, 6.07) is 10.8. The van der Waals surface area contributed by atoms with Crippen LogP contribution in [0.3, 0.4) is 0 Å². The Morgan fingerprint density at radius 2 is 2.09 bits per heavy atom. The monoisotopic (exact) mass is 476 g/mol. The fourth-order valence-electron chi connectivity index (χ4n) is 4.17. The van der Waals surface area contributed by atoms with Crippen LogP contribution < -0.4 is 0 Å². The number of fused-ring (bicyclic) bond motifs is 1. The highest BCUT2D eigenvalue weighted by atomic mass is 32.1. The Morgan fingerprint density at radius 1 is 1.26 bits per heavy atom. The summed E-state index contributed by atoms with van der Waals surface area (Å²) in [6.45, 7) is 2.94. The molecule has 1 N–H and O–H groups in total. The number of nitrogens with one attached hydrogen (secondary N) is 1. The highest BCUT2D eigenvalue weighted by Gasteiger charge is 2.30. The van der Waals surface area contributed by atoms with Gasteiger partial charge >= 0.3 is 0 Å². The molecule has 5 rings (SSSR count). The number of nitrogens with zero attached hydrogens (tertiary/aromatic N) is 3. The highest BCUT2D eigenvalue weighted by Crippen LogP contribution is 2.34. The number of aryl methyl sites for hydroxylation is 1. The number of amides is 1. The fraction of sp³-hybridized carbons (Fsp3) is 0.269. The van der Waals surface area contributed by atoms with Gasteiger partial charge in [0.25, 0.3) is 5.91 Å². The molecule has 1 aliphatic rings. The molecule has 0 unspecified atom stereocenters. The maximum atomic E-state index is 13.9. The summed E-state index contributed by atoms with van der Waals surface area (Å²) in [6.07, 6.45) is 4.63. The summed E-state index contributed by atoms with van der Waals surface area (Å²) < 4.78 is 27.6. The molecule has 0 bridgehead atoms. The maximum Gasteiger partial charge on any atom is 0.274 e. The molecule has 1 aliphatic carbocycles. The third-order valence-electron chi connectivity index (χ3n) is 6.13. The fourth-order valence-corrected chi connectivity index (χ4v) is 5.08. The molecule has 34 heavy (non-hydrogen) atoms. The van der Waals surface area contributed by atoms with Crippen molar-refractivity contribution in [3.63, 3.8) is 0 Å². The van der Waals surface area contributed by atoms with E-state index in [4.69, 9.17) is 0 Å². The van der Waals surface area contributed by atoms with E-state index in [9.17, 15) is 18.8 Å². The molecule has 0 atom stereocenters. The smallest absolute Gasteiger partial charge is 0.274 e. The minimum atomic E-state index is -0.592. The Bertz CT molecular complexity index is 1430. The Morgan fingerprint density at radius 3 is 2.85 bits per heavy atom. The van der Waals surface area contributed by atoms with Crippen LogP contribution in [-0.4, -0.2) is 33.9 Å². The molecular weight excluding hydrogens is 454 g/mol. The molecule has 0 spiro atoms. The zero-order valence-corrected chi connectivity index (χ0v) is 19.4. The lowest BCUT2D eigenvalue weighted by Crippen LogP contribution is -2.35. The number of carbonyl (C=O) groups excluding carboxylic acids is 1. The first kappa shape index (κ1) is 22.2. The third-order valence-corrected chi connectivity index (χ3v) is 7.15. The van der Waals surface area contributed by atoms with Gasteiger partial charge in [0.1, 0.15) is 23.4 Å². The van der Waals surface area contributed by atoms with Crippen LogP contribution in [0.25, 0.3) is 21.3 Å². The third kappa shape index (κ3) is 4.44. The number of rotatable bonds is 7.